The highest BCUT2D eigenvalue weighted by Crippen LogP contribution is 2.72. The predicted molar refractivity (Wildman–Crippen MR) is 348 cm³/mol. The highest BCUT2D eigenvalue weighted by molar-refractivity contribution is 5.95. The number of benzene rings is 4. The molecule has 0 radical (unpaired) electrons. The second-order valence-corrected chi connectivity index (χ2v) is 27.8. The molecule has 18 heteroatoms. The maximum Gasteiger partial charge on any atom is 0.318 e. The van der Waals surface area contributed by atoms with E-state index in [2.05, 4.69) is 49.9 Å². The summed E-state index contributed by atoms with van der Waals surface area (Å²) in [5.74, 6) is 2.61. The van der Waals surface area contributed by atoms with Gasteiger partial charge in [-0.15, -0.1) is 0 Å². The van der Waals surface area contributed by atoms with E-state index in [-0.39, 0.29) is 128 Å². The Bertz CT molecular complexity index is 4080. The molecule has 18 nitrogen and oxygen atoms in total. The van der Waals surface area contributed by atoms with E-state index in [0.29, 0.717) is 68.9 Å². The van der Waals surface area contributed by atoms with Crippen LogP contribution in [0.15, 0.2) is 103 Å². The topological polar surface area (TPSA) is 289 Å². The number of phenolic OH excluding ortho intramolecular Hbond substituents is 3. The number of piperidine rings is 1. The van der Waals surface area contributed by atoms with E-state index >= 15 is 9.59 Å². The first kappa shape index (κ1) is 62.6. The number of carbonyl (C=O) groups is 3. The van der Waals surface area contributed by atoms with Crippen molar-refractivity contribution in [3.05, 3.63) is 131 Å². The molecule has 5 fully saturated rings. The summed E-state index contributed by atoms with van der Waals surface area (Å²) in [6.45, 7) is -0.492. The molecular formula is C75H84N4O14. The lowest BCUT2D eigenvalue weighted by Gasteiger charge is -2.59. The molecule has 488 valence electrons. The molecule has 7 aromatic rings. The molecule has 4 saturated carbocycles. The average Bonchev–Trinajstić information content (AvgIpc) is 1.53. The van der Waals surface area contributed by atoms with Gasteiger partial charge in [0, 0.05) is 78.0 Å². The molecule has 5 aliphatic carbocycles. The molecule has 16 atom stereocenters. The third kappa shape index (κ3) is 11.1. The van der Waals surface area contributed by atoms with Gasteiger partial charge >= 0.3 is 5.97 Å². The minimum absolute atomic E-state index is 0.0711. The monoisotopic (exact) mass is 1260 g/mol. The van der Waals surface area contributed by atoms with Crippen molar-refractivity contribution in [2.45, 2.75) is 151 Å². The number of allylic oxidation sites excluding steroid dienone is 1. The number of aromatic amines is 2. The van der Waals surface area contributed by atoms with E-state index < -0.39 is 59.1 Å². The maximum atomic E-state index is 15.7. The van der Waals surface area contributed by atoms with E-state index in [1.807, 2.05) is 48.7 Å². The molecule has 14 rings (SSSR count). The number of aromatic nitrogens is 3. The molecular weight excluding hydrogens is 1180 g/mol. The number of hydrogen-bond acceptors (Lipinski definition) is 15. The van der Waals surface area contributed by atoms with Crippen LogP contribution in [-0.4, -0.2) is 136 Å². The number of nitrogens with one attached hydrogen (secondary N) is 3. The zero-order valence-corrected chi connectivity index (χ0v) is 52.4. The van der Waals surface area contributed by atoms with Crippen molar-refractivity contribution in [2.24, 2.45) is 46.8 Å². The van der Waals surface area contributed by atoms with E-state index in [1.165, 1.54) is 25.5 Å². The van der Waals surface area contributed by atoms with Gasteiger partial charge in [-0.05, 0) is 188 Å². The Kier molecular flexibility index (Phi) is 17.1. The van der Waals surface area contributed by atoms with Gasteiger partial charge in [0.25, 0.3) is 0 Å². The Morgan fingerprint density at radius 1 is 0.871 bits per heavy atom. The van der Waals surface area contributed by atoms with Gasteiger partial charge in [-0.3, -0.25) is 9.59 Å². The Morgan fingerprint density at radius 2 is 1.72 bits per heavy atom. The number of aliphatic hydroxyl groups excluding tert-OH is 5. The van der Waals surface area contributed by atoms with Crippen molar-refractivity contribution in [1.29, 1.82) is 0 Å². The number of esters is 1. The summed E-state index contributed by atoms with van der Waals surface area (Å²) < 4.78 is 20.1. The summed E-state index contributed by atoms with van der Waals surface area (Å²) in [5.41, 5.74) is 6.99. The molecule has 2 spiro atoms. The average molecular weight is 1270 g/mol. The number of rotatable bonds is 13. The molecule has 2 bridgehead atoms. The first-order valence-corrected chi connectivity index (χ1v) is 33.4. The number of aromatic hydroxyl groups is 3. The number of fused-ring (bicyclic) bond motifs is 11. The minimum Gasteiger partial charge on any atom is -0.508 e. The molecule has 2 aliphatic heterocycles. The molecule has 93 heavy (non-hydrogen) atoms. The molecule has 1 saturated heterocycles. The number of carbonyl (C=O) groups excluding carboxylic acids is 3. The molecule has 16 unspecified atom stereocenters. The Morgan fingerprint density at radius 3 is 2.54 bits per heavy atom. The standard InChI is InChI=1S/C75H84N4O14/c1-91-66-36-52-51(35-65(66)89)54-30-44-38-74(40-75(55(14-8-24-80)57(74)39-82)69(31-43-10-7-16-63(87)72(43)78-75)79-60-22-23-76-59(60)37-61(79)42-9-6-11-45(83)29-42)56-33-46(84)19-20-50(56)71(44)53(52)32-47(85)34-68(64(88)27-41-18-21-62(86)67(28-41)92-26-25-81)93-70(90)17-5-3-13-49-48-12-2-4-15-58(48)77-73(49)54/h2,4,6,9,11-12,15,18,21-23,28-30,35-37,39,43-44,46,50,53,55-57,63-64,68-69,71-72,76-78,80-81,83-84,86-89H,7-8,10,13-14,16-17,19-20,24-27,31-34,38,40H2,1H3. The zero-order chi connectivity index (χ0) is 64.4. The summed E-state index contributed by atoms with van der Waals surface area (Å²) in [7, 11) is 1.50. The van der Waals surface area contributed by atoms with Crippen LogP contribution >= 0.6 is 0 Å². The molecule has 4 aromatic carbocycles. The number of Topliss-reactive ketones (excluding diaryl/α,β-unsaturated/α-hetero) is 1. The highest BCUT2D eigenvalue weighted by Gasteiger charge is 2.71. The Labute approximate surface area is 540 Å². The van der Waals surface area contributed by atoms with Crippen LogP contribution in [0.25, 0.3) is 38.8 Å². The van der Waals surface area contributed by atoms with Gasteiger partial charge in [0.15, 0.2) is 23.0 Å². The Hall–Kier alpha value is -7.89. The summed E-state index contributed by atoms with van der Waals surface area (Å²) in [6, 6.07) is 27.0. The molecule has 5 heterocycles. The number of hydrogen-bond donors (Lipinski definition) is 11. The van der Waals surface area contributed by atoms with E-state index in [4.69, 9.17) is 14.2 Å². The molecule has 7 aliphatic rings. The van der Waals surface area contributed by atoms with E-state index in [9.17, 15) is 45.6 Å². The normalized spacial score (nSPS) is 31.3. The molecule has 11 N–H and O–H groups in total. The quantitative estimate of drug-likeness (QED) is 0.0291. The summed E-state index contributed by atoms with van der Waals surface area (Å²) >= 11 is 0. The van der Waals surface area contributed by atoms with Gasteiger partial charge in [-0.2, -0.15) is 0 Å². The third-order valence-electron chi connectivity index (χ3n) is 23.0. The van der Waals surface area contributed by atoms with Crippen LogP contribution < -0.4 is 14.8 Å². The van der Waals surface area contributed by atoms with Crippen molar-refractivity contribution in [3.8, 4) is 51.8 Å². The fourth-order valence-corrected chi connectivity index (χ4v) is 19.5. The number of cyclic esters (lactones) is 1. The van der Waals surface area contributed by atoms with Gasteiger partial charge in [0.1, 0.15) is 37.0 Å². The van der Waals surface area contributed by atoms with Crippen LogP contribution in [0.5, 0.6) is 28.7 Å². The van der Waals surface area contributed by atoms with Crippen LogP contribution in [-0.2, 0) is 32.0 Å². The van der Waals surface area contributed by atoms with E-state index in [1.54, 1.807) is 24.3 Å². The maximum absolute atomic E-state index is 15.7. The SMILES string of the molecule is COc1cc2c(cc1O)C1=CC3CC4(CC5(NC6C(O)CCCC6CC5n5c(-c6cccc(O)c6)cc6[nH]ccc65)C(CCCO)C4C=O)C4CC(O)CCC4C3C2CC(=O)CC(C(O)Cc2ccc(O)c(OCCO)c2)OC(=O)CC#CCc2c1[nH]c1ccccc21. The zero-order valence-electron chi connectivity index (χ0n) is 52.4. The van der Waals surface area contributed by atoms with Gasteiger partial charge in [-0.25, -0.2) is 0 Å². The number of aliphatic hydroxyl groups is 5. The van der Waals surface area contributed by atoms with Gasteiger partial charge in [0.2, 0.25) is 0 Å². The minimum atomic E-state index is -1.42. The van der Waals surface area contributed by atoms with Crippen LogP contribution in [0.1, 0.15) is 130 Å². The van der Waals surface area contributed by atoms with Crippen molar-refractivity contribution in [3.63, 3.8) is 0 Å². The number of methoxy groups -OCH3 is 1. The third-order valence-corrected chi connectivity index (χ3v) is 23.0. The molecule has 3 aromatic heterocycles. The second-order valence-electron chi connectivity index (χ2n) is 27.8. The highest BCUT2D eigenvalue weighted by atomic mass is 16.6. The fraction of sp³-hybridized carbons (Fsp3) is 0.480. The van der Waals surface area contributed by atoms with Gasteiger partial charge in [0.05, 0.1) is 60.5 Å². The largest absolute Gasteiger partial charge is 0.508 e. The fourth-order valence-electron chi connectivity index (χ4n) is 19.5. The summed E-state index contributed by atoms with van der Waals surface area (Å²) in [4.78, 5) is 52.3. The molecule has 0 amide bonds. The number of phenols is 3. The van der Waals surface area contributed by atoms with Gasteiger partial charge in [-0.1, -0.05) is 60.7 Å². The lowest BCUT2D eigenvalue weighted by molar-refractivity contribution is -0.155. The lowest BCUT2D eigenvalue weighted by Crippen LogP contribution is -2.68. The van der Waals surface area contributed by atoms with Crippen LogP contribution in [0.4, 0.5) is 0 Å². The number of ether oxygens (including phenoxy) is 3. The number of nitrogens with zero attached hydrogens (tertiary/aromatic N) is 1. The second kappa shape index (κ2) is 25.4. The van der Waals surface area contributed by atoms with E-state index in [0.717, 1.165) is 68.4 Å². The Balaban J connectivity index is 0.970. The van der Waals surface area contributed by atoms with Crippen LogP contribution in [0.3, 0.4) is 0 Å². The number of H-pyrrole nitrogens is 2. The first-order valence-electron chi connectivity index (χ1n) is 33.4. The first-order chi connectivity index (χ1) is 45.1. The van der Waals surface area contributed by atoms with Crippen LogP contribution in [0, 0.1) is 58.7 Å². The smallest absolute Gasteiger partial charge is 0.318 e. The van der Waals surface area contributed by atoms with Crippen molar-refractivity contribution < 1.29 is 69.4 Å². The number of aldehydes is 1. The number of para-hydroxylation sites is 1. The predicted octanol–water partition coefficient (Wildman–Crippen LogP) is 9.47. The van der Waals surface area contributed by atoms with Gasteiger partial charge < -0.3 is 79.7 Å². The lowest BCUT2D eigenvalue weighted by atomic mass is 9.45. The number of ketones is 1. The van der Waals surface area contributed by atoms with Crippen molar-refractivity contribution >= 4 is 45.5 Å². The summed E-state index contributed by atoms with van der Waals surface area (Å²) in [6.07, 6.45) is 6.86. The van der Waals surface area contributed by atoms with Crippen LogP contribution in [0.2, 0.25) is 0 Å². The van der Waals surface area contributed by atoms with Crippen molar-refractivity contribution in [2.75, 3.05) is 26.9 Å². The van der Waals surface area contributed by atoms with Crippen molar-refractivity contribution in [1.82, 2.24) is 19.9 Å². The summed E-state index contributed by atoms with van der Waals surface area (Å²) in [5, 5.41) is 96.4.